The molecule has 0 amide bonds. The molecule has 0 radical (unpaired) electrons. The fraction of sp³-hybridized carbons (Fsp3) is 0.538. The Bertz CT molecular complexity index is 306. The normalized spacial score (nSPS) is 19.9. The molecule has 2 rings (SSSR count). The van der Waals surface area contributed by atoms with Crippen molar-refractivity contribution in [3.8, 4) is 0 Å². The highest BCUT2D eigenvalue weighted by Gasteiger charge is 2.46. The van der Waals surface area contributed by atoms with Crippen molar-refractivity contribution in [1.29, 1.82) is 0 Å². The summed E-state index contributed by atoms with van der Waals surface area (Å²) >= 11 is 0. The van der Waals surface area contributed by atoms with Crippen LogP contribution in [-0.4, -0.2) is 16.7 Å². The van der Waals surface area contributed by atoms with E-state index < -0.39 is 5.60 Å². The first-order valence-corrected chi connectivity index (χ1v) is 5.74. The molecule has 82 valence electrons. The highest BCUT2D eigenvalue weighted by Crippen LogP contribution is 2.39. The molecule has 0 spiro atoms. The Morgan fingerprint density at radius 3 is 2.53 bits per heavy atom. The van der Waals surface area contributed by atoms with Gasteiger partial charge in [-0.2, -0.15) is 0 Å². The van der Waals surface area contributed by atoms with Crippen molar-refractivity contribution < 1.29 is 5.11 Å². The van der Waals surface area contributed by atoms with E-state index in [0.717, 1.165) is 25.8 Å². The fourth-order valence-corrected chi connectivity index (χ4v) is 2.03. The van der Waals surface area contributed by atoms with Crippen LogP contribution in [0.5, 0.6) is 0 Å². The van der Waals surface area contributed by atoms with E-state index in [4.69, 9.17) is 0 Å². The zero-order valence-corrected chi connectivity index (χ0v) is 9.24. The summed E-state index contributed by atoms with van der Waals surface area (Å²) in [5, 5.41) is 13.4. The molecule has 0 aromatic heterocycles. The molecule has 1 saturated carbocycles. The maximum absolute atomic E-state index is 10.0. The minimum absolute atomic E-state index is 0.248. The summed E-state index contributed by atoms with van der Waals surface area (Å²) in [4.78, 5) is 0. The van der Waals surface area contributed by atoms with Gasteiger partial charge in [0.1, 0.15) is 0 Å². The second kappa shape index (κ2) is 4.33. The van der Waals surface area contributed by atoms with Crippen molar-refractivity contribution in [2.45, 2.75) is 44.4 Å². The molecule has 0 heterocycles. The van der Waals surface area contributed by atoms with E-state index in [9.17, 15) is 5.11 Å². The number of nitrogens with one attached hydrogen (secondary N) is 1. The molecule has 1 atom stereocenters. The number of hydrogen-bond donors (Lipinski definition) is 2. The third kappa shape index (κ3) is 2.58. The highest BCUT2D eigenvalue weighted by atomic mass is 16.3. The lowest BCUT2D eigenvalue weighted by Gasteiger charge is -2.22. The van der Waals surface area contributed by atoms with Crippen LogP contribution in [0.4, 0.5) is 0 Å². The zero-order chi connectivity index (χ0) is 10.7. The Balaban J connectivity index is 1.87. The van der Waals surface area contributed by atoms with Gasteiger partial charge in [0, 0.05) is 12.6 Å². The van der Waals surface area contributed by atoms with Crippen LogP contribution < -0.4 is 5.32 Å². The van der Waals surface area contributed by atoms with Gasteiger partial charge < -0.3 is 10.4 Å². The van der Waals surface area contributed by atoms with Crippen LogP contribution in [0.3, 0.4) is 0 Å². The van der Waals surface area contributed by atoms with Crippen LogP contribution in [0.2, 0.25) is 0 Å². The third-order valence-electron chi connectivity index (χ3n) is 3.21. The average Bonchev–Trinajstić information content (AvgIpc) is 3.00. The van der Waals surface area contributed by atoms with Crippen molar-refractivity contribution in [2.75, 3.05) is 0 Å². The molecular weight excluding hydrogens is 186 g/mol. The van der Waals surface area contributed by atoms with Gasteiger partial charge in [-0.25, -0.2) is 0 Å². The molecule has 1 aliphatic carbocycles. The second-order valence-electron chi connectivity index (χ2n) is 4.43. The average molecular weight is 205 g/mol. The van der Waals surface area contributed by atoms with Crippen molar-refractivity contribution >= 4 is 0 Å². The van der Waals surface area contributed by atoms with Crippen LogP contribution in [0.25, 0.3) is 0 Å². The number of hydrogen-bond acceptors (Lipinski definition) is 2. The van der Waals surface area contributed by atoms with E-state index in [1.165, 1.54) is 5.56 Å². The Morgan fingerprint density at radius 2 is 2.00 bits per heavy atom. The predicted molar refractivity (Wildman–Crippen MR) is 61.5 cm³/mol. The molecule has 1 unspecified atom stereocenters. The van der Waals surface area contributed by atoms with E-state index in [2.05, 4.69) is 24.4 Å². The van der Waals surface area contributed by atoms with Crippen LogP contribution in [0, 0.1) is 0 Å². The summed E-state index contributed by atoms with van der Waals surface area (Å²) in [5.41, 5.74) is 0.865. The number of aliphatic hydroxyl groups is 1. The molecule has 0 bridgehead atoms. The first-order valence-electron chi connectivity index (χ1n) is 5.74. The lowest BCUT2D eigenvalue weighted by atomic mass is 10.1. The van der Waals surface area contributed by atoms with E-state index in [0.29, 0.717) is 0 Å². The molecule has 0 aliphatic heterocycles. The number of rotatable bonds is 5. The quantitative estimate of drug-likeness (QED) is 0.771. The molecule has 1 aliphatic rings. The Kier molecular flexibility index (Phi) is 3.08. The van der Waals surface area contributed by atoms with Gasteiger partial charge in [-0.3, -0.25) is 0 Å². The van der Waals surface area contributed by atoms with Gasteiger partial charge in [0.05, 0.1) is 5.60 Å². The van der Waals surface area contributed by atoms with Crippen molar-refractivity contribution in [2.24, 2.45) is 0 Å². The molecule has 2 nitrogen and oxygen atoms in total. The minimum Gasteiger partial charge on any atom is -0.388 e. The monoisotopic (exact) mass is 205 g/mol. The molecule has 0 saturated heterocycles. The molecule has 2 heteroatoms. The summed E-state index contributed by atoms with van der Waals surface area (Å²) in [6, 6.07) is 10.6. The van der Waals surface area contributed by atoms with Gasteiger partial charge in [-0.15, -0.1) is 0 Å². The van der Waals surface area contributed by atoms with Crippen molar-refractivity contribution in [3.63, 3.8) is 0 Å². The van der Waals surface area contributed by atoms with Crippen molar-refractivity contribution in [1.82, 2.24) is 5.32 Å². The van der Waals surface area contributed by atoms with Gasteiger partial charge in [-0.05, 0) is 24.8 Å². The van der Waals surface area contributed by atoms with E-state index in [-0.39, 0.29) is 6.04 Å². The first-order chi connectivity index (χ1) is 7.24. The summed E-state index contributed by atoms with van der Waals surface area (Å²) < 4.78 is 0. The van der Waals surface area contributed by atoms with Gasteiger partial charge in [0.15, 0.2) is 0 Å². The Morgan fingerprint density at radius 1 is 1.33 bits per heavy atom. The van der Waals surface area contributed by atoms with Crippen molar-refractivity contribution in [3.05, 3.63) is 35.9 Å². The SMILES string of the molecule is CCC(NCc1ccccc1)C1(O)CC1. The Labute approximate surface area is 91.3 Å². The van der Waals surface area contributed by atoms with Crippen LogP contribution in [0.1, 0.15) is 31.7 Å². The maximum Gasteiger partial charge on any atom is 0.0802 e. The van der Waals surface area contributed by atoms with Crippen LogP contribution in [-0.2, 0) is 6.54 Å². The van der Waals surface area contributed by atoms with E-state index >= 15 is 0 Å². The molecule has 2 N–H and O–H groups in total. The van der Waals surface area contributed by atoms with E-state index in [1.54, 1.807) is 0 Å². The lowest BCUT2D eigenvalue weighted by Crippen LogP contribution is -2.40. The topological polar surface area (TPSA) is 32.3 Å². The fourth-order valence-electron chi connectivity index (χ4n) is 2.03. The van der Waals surface area contributed by atoms with Gasteiger partial charge >= 0.3 is 0 Å². The molecule has 1 aromatic rings. The minimum atomic E-state index is -0.413. The van der Waals surface area contributed by atoms with Gasteiger partial charge in [0.2, 0.25) is 0 Å². The van der Waals surface area contributed by atoms with Gasteiger partial charge in [0.25, 0.3) is 0 Å². The molecule has 15 heavy (non-hydrogen) atoms. The smallest absolute Gasteiger partial charge is 0.0802 e. The van der Waals surface area contributed by atoms with Crippen LogP contribution >= 0.6 is 0 Å². The first kappa shape index (κ1) is 10.7. The van der Waals surface area contributed by atoms with Gasteiger partial charge in [-0.1, -0.05) is 37.3 Å². The lowest BCUT2D eigenvalue weighted by molar-refractivity contribution is 0.0994. The zero-order valence-electron chi connectivity index (χ0n) is 9.24. The van der Waals surface area contributed by atoms with E-state index in [1.807, 2.05) is 18.2 Å². The Hall–Kier alpha value is -0.860. The predicted octanol–water partition coefficient (Wildman–Crippen LogP) is 2.08. The highest BCUT2D eigenvalue weighted by molar-refractivity contribution is 5.15. The molecule has 1 fully saturated rings. The van der Waals surface area contributed by atoms with Crippen LogP contribution in [0.15, 0.2) is 30.3 Å². The second-order valence-corrected chi connectivity index (χ2v) is 4.43. The summed E-state index contributed by atoms with van der Waals surface area (Å²) in [6.07, 6.45) is 2.89. The molecule has 1 aromatic carbocycles. The standard InChI is InChI=1S/C13H19NO/c1-2-12(13(15)8-9-13)14-10-11-6-4-3-5-7-11/h3-7,12,14-15H,2,8-10H2,1H3. The summed E-state index contributed by atoms with van der Waals surface area (Å²) in [6.45, 7) is 2.97. The summed E-state index contributed by atoms with van der Waals surface area (Å²) in [5.74, 6) is 0. The largest absolute Gasteiger partial charge is 0.388 e. The number of benzene rings is 1. The third-order valence-corrected chi connectivity index (χ3v) is 3.21. The molecular formula is C13H19NO. The summed E-state index contributed by atoms with van der Waals surface area (Å²) in [7, 11) is 0. The maximum atomic E-state index is 10.0.